The molecule has 1 aromatic rings. The predicted octanol–water partition coefficient (Wildman–Crippen LogP) is 3.65. The average Bonchev–Trinajstić information content (AvgIpc) is 2.55. The molecule has 0 spiro atoms. The van der Waals surface area contributed by atoms with Gasteiger partial charge in [0.15, 0.2) is 5.78 Å². The standard InChI is InChI=1S/C15H20O/c1-4-12-9-13-6-5-11(7-10(2)3)8-14(13)15(12)16/h5-6,8,10,12H,4,7,9H2,1-3H3. The molecule has 2 rings (SSSR count). The van der Waals surface area contributed by atoms with E-state index in [9.17, 15) is 4.79 Å². The van der Waals surface area contributed by atoms with Crippen LogP contribution < -0.4 is 0 Å². The van der Waals surface area contributed by atoms with E-state index in [-0.39, 0.29) is 5.92 Å². The maximum Gasteiger partial charge on any atom is 0.166 e. The molecule has 1 atom stereocenters. The van der Waals surface area contributed by atoms with Crippen LogP contribution in [0.1, 0.15) is 48.7 Å². The Morgan fingerprint density at radius 3 is 2.75 bits per heavy atom. The second-order valence-electron chi connectivity index (χ2n) is 5.26. The molecular formula is C15H20O. The highest BCUT2D eigenvalue weighted by molar-refractivity contribution is 6.02. The second-order valence-corrected chi connectivity index (χ2v) is 5.26. The van der Waals surface area contributed by atoms with Crippen LogP contribution in [0.3, 0.4) is 0 Å². The Balaban J connectivity index is 2.28. The van der Waals surface area contributed by atoms with Crippen molar-refractivity contribution in [2.75, 3.05) is 0 Å². The molecule has 0 fully saturated rings. The van der Waals surface area contributed by atoms with Gasteiger partial charge >= 0.3 is 0 Å². The third-order valence-corrected chi connectivity index (χ3v) is 3.41. The Morgan fingerprint density at radius 1 is 1.38 bits per heavy atom. The van der Waals surface area contributed by atoms with Crippen LogP contribution in [-0.4, -0.2) is 5.78 Å². The molecule has 0 amide bonds. The topological polar surface area (TPSA) is 17.1 Å². The summed E-state index contributed by atoms with van der Waals surface area (Å²) in [6.07, 6.45) is 2.98. The van der Waals surface area contributed by atoms with Crippen molar-refractivity contribution in [3.05, 3.63) is 34.9 Å². The van der Waals surface area contributed by atoms with Gasteiger partial charge in [-0.05, 0) is 42.4 Å². The summed E-state index contributed by atoms with van der Waals surface area (Å²) in [5.74, 6) is 1.25. The van der Waals surface area contributed by atoms with Gasteiger partial charge in [-0.3, -0.25) is 4.79 Å². The summed E-state index contributed by atoms with van der Waals surface area (Å²) in [6, 6.07) is 6.46. The first-order valence-electron chi connectivity index (χ1n) is 6.27. The minimum Gasteiger partial charge on any atom is -0.294 e. The van der Waals surface area contributed by atoms with Gasteiger partial charge in [0, 0.05) is 11.5 Å². The Labute approximate surface area is 97.9 Å². The molecule has 1 unspecified atom stereocenters. The zero-order chi connectivity index (χ0) is 11.7. The lowest BCUT2D eigenvalue weighted by atomic mass is 9.98. The van der Waals surface area contributed by atoms with Gasteiger partial charge in [0.25, 0.3) is 0 Å². The monoisotopic (exact) mass is 216 g/mol. The molecule has 1 heteroatoms. The quantitative estimate of drug-likeness (QED) is 0.753. The van der Waals surface area contributed by atoms with Gasteiger partial charge < -0.3 is 0 Å². The van der Waals surface area contributed by atoms with Crippen LogP contribution in [0.15, 0.2) is 18.2 Å². The fourth-order valence-electron chi connectivity index (χ4n) is 2.54. The van der Waals surface area contributed by atoms with Crippen molar-refractivity contribution in [2.24, 2.45) is 11.8 Å². The zero-order valence-corrected chi connectivity index (χ0v) is 10.4. The van der Waals surface area contributed by atoms with Crippen LogP contribution in [0.2, 0.25) is 0 Å². The Morgan fingerprint density at radius 2 is 2.12 bits per heavy atom. The van der Waals surface area contributed by atoms with Crippen LogP contribution in [0, 0.1) is 11.8 Å². The number of Topliss-reactive ketones (excluding diaryl/α,β-unsaturated/α-hetero) is 1. The fraction of sp³-hybridized carbons (Fsp3) is 0.533. The lowest BCUT2D eigenvalue weighted by Gasteiger charge is -2.06. The first-order chi connectivity index (χ1) is 7.61. The largest absolute Gasteiger partial charge is 0.294 e. The summed E-state index contributed by atoms with van der Waals surface area (Å²) in [4.78, 5) is 12.1. The summed E-state index contributed by atoms with van der Waals surface area (Å²) in [5.41, 5.74) is 3.55. The van der Waals surface area contributed by atoms with Crippen molar-refractivity contribution < 1.29 is 4.79 Å². The van der Waals surface area contributed by atoms with Crippen LogP contribution >= 0.6 is 0 Å². The number of benzene rings is 1. The third-order valence-electron chi connectivity index (χ3n) is 3.41. The molecule has 0 bridgehead atoms. The second kappa shape index (κ2) is 4.40. The molecule has 1 aromatic carbocycles. The minimum atomic E-state index is 0.240. The van der Waals surface area contributed by atoms with Crippen LogP contribution in [-0.2, 0) is 12.8 Å². The highest BCUT2D eigenvalue weighted by atomic mass is 16.1. The molecule has 0 aromatic heterocycles. The van der Waals surface area contributed by atoms with Crippen molar-refractivity contribution in [1.29, 1.82) is 0 Å². The minimum absolute atomic E-state index is 0.240. The van der Waals surface area contributed by atoms with Crippen molar-refractivity contribution in [3.63, 3.8) is 0 Å². The van der Waals surface area contributed by atoms with Crippen molar-refractivity contribution in [3.8, 4) is 0 Å². The zero-order valence-electron chi connectivity index (χ0n) is 10.4. The molecule has 0 saturated carbocycles. The molecular weight excluding hydrogens is 196 g/mol. The Kier molecular flexibility index (Phi) is 3.13. The molecule has 1 aliphatic carbocycles. The average molecular weight is 216 g/mol. The number of hydrogen-bond acceptors (Lipinski definition) is 1. The summed E-state index contributed by atoms with van der Waals surface area (Å²) in [7, 11) is 0. The third kappa shape index (κ3) is 2.04. The fourth-order valence-corrected chi connectivity index (χ4v) is 2.54. The summed E-state index contributed by atoms with van der Waals surface area (Å²) < 4.78 is 0. The van der Waals surface area contributed by atoms with Gasteiger partial charge in [-0.15, -0.1) is 0 Å². The van der Waals surface area contributed by atoms with Crippen molar-refractivity contribution in [1.82, 2.24) is 0 Å². The van der Waals surface area contributed by atoms with E-state index < -0.39 is 0 Å². The summed E-state index contributed by atoms with van der Waals surface area (Å²) >= 11 is 0. The van der Waals surface area contributed by atoms with E-state index in [0.717, 1.165) is 24.8 Å². The number of rotatable bonds is 3. The molecule has 1 nitrogen and oxygen atoms in total. The summed E-state index contributed by atoms with van der Waals surface area (Å²) in [5, 5.41) is 0. The van der Waals surface area contributed by atoms with Crippen molar-refractivity contribution >= 4 is 5.78 Å². The van der Waals surface area contributed by atoms with E-state index in [0.29, 0.717) is 11.7 Å². The van der Waals surface area contributed by atoms with Crippen LogP contribution in [0.4, 0.5) is 0 Å². The number of fused-ring (bicyclic) bond motifs is 1. The first-order valence-corrected chi connectivity index (χ1v) is 6.27. The molecule has 16 heavy (non-hydrogen) atoms. The Hall–Kier alpha value is -1.11. The lowest BCUT2D eigenvalue weighted by Crippen LogP contribution is -2.07. The molecule has 1 aliphatic rings. The normalized spacial score (nSPS) is 19.2. The van der Waals surface area contributed by atoms with Gasteiger partial charge in [-0.2, -0.15) is 0 Å². The van der Waals surface area contributed by atoms with E-state index in [1.165, 1.54) is 11.1 Å². The highest BCUT2D eigenvalue weighted by Gasteiger charge is 2.28. The van der Waals surface area contributed by atoms with Gasteiger partial charge in [-0.25, -0.2) is 0 Å². The van der Waals surface area contributed by atoms with E-state index in [1.807, 2.05) is 0 Å². The van der Waals surface area contributed by atoms with E-state index in [1.54, 1.807) is 0 Å². The maximum absolute atomic E-state index is 12.1. The van der Waals surface area contributed by atoms with Crippen molar-refractivity contribution in [2.45, 2.75) is 40.0 Å². The highest BCUT2D eigenvalue weighted by Crippen LogP contribution is 2.29. The number of carbonyl (C=O) groups excluding carboxylic acids is 1. The lowest BCUT2D eigenvalue weighted by molar-refractivity contribution is 0.0934. The van der Waals surface area contributed by atoms with Gasteiger partial charge in [0.2, 0.25) is 0 Å². The molecule has 0 heterocycles. The molecule has 0 N–H and O–H groups in total. The van der Waals surface area contributed by atoms with E-state index >= 15 is 0 Å². The molecule has 86 valence electrons. The van der Waals surface area contributed by atoms with Crippen LogP contribution in [0.5, 0.6) is 0 Å². The molecule has 0 aliphatic heterocycles. The SMILES string of the molecule is CCC1Cc2ccc(CC(C)C)cc2C1=O. The van der Waals surface area contributed by atoms with Gasteiger partial charge in [0.1, 0.15) is 0 Å². The first kappa shape index (κ1) is 11.4. The maximum atomic E-state index is 12.1. The predicted molar refractivity (Wildman–Crippen MR) is 66.8 cm³/mol. The van der Waals surface area contributed by atoms with E-state index in [2.05, 4.69) is 39.0 Å². The smallest absolute Gasteiger partial charge is 0.166 e. The number of carbonyl (C=O) groups is 1. The Bertz CT molecular complexity index is 404. The summed E-state index contributed by atoms with van der Waals surface area (Å²) in [6.45, 7) is 6.53. The van der Waals surface area contributed by atoms with Gasteiger partial charge in [0.05, 0.1) is 0 Å². The van der Waals surface area contributed by atoms with Crippen LogP contribution in [0.25, 0.3) is 0 Å². The number of ketones is 1. The molecule has 0 saturated heterocycles. The van der Waals surface area contributed by atoms with Gasteiger partial charge in [-0.1, -0.05) is 32.9 Å². The number of hydrogen-bond donors (Lipinski definition) is 0. The molecule has 0 radical (unpaired) electrons. The van der Waals surface area contributed by atoms with E-state index in [4.69, 9.17) is 0 Å².